The number of rotatable bonds is 4. The monoisotopic (exact) mass is 203 g/mol. The molecule has 1 aliphatic rings. The van der Waals surface area contributed by atoms with Gasteiger partial charge >= 0.3 is 0 Å². The maximum absolute atomic E-state index is 5.66. The van der Waals surface area contributed by atoms with E-state index in [1.807, 2.05) is 0 Å². The molecular weight excluding hydrogens is 182 g/mol. The predicted octanol–water partition coefficient (Wildman–Crippen LogP) is 3.17. The third kappa shape index (κ3) is 2.23. The molecule has 2 atom stereocenters. The lowest BCUT2D eigenvalue weighted by Crippen LogP contribution is -2.20. The molecule has 2 unspecified atom stereocenters. The Labute approximate surface area is 92.7 Å². The summed E-state index contributed by atoms with van der Waals surface area (Å²) in [6.45, 7) is 5.52. The second kappa shape index (κ2) is 3.97. The molecule has 2 rings (SSSR count). The highest BCUT2D eigenvalue weighted by molar-refractivity contribution is 5.26. The minimum Gasteiger partial charge on any atom is -0.330 e. The van der Waals surface area contributed by atoms with Crippen molar-refractivity contribution in [2.75, 3.05) is 6.54 Å². The molecule has 15 heavy (non-hydrogen) atoms. The number of hydrogen-bond acceptors (Lipinski definition) is 1. The van der Waals surface area contributed by atoms with E-state index in [0.29, 0.717) is 5.41 Å². The third-order valence-electron chi connectivity index (χ3n) is 3.81. The Morgan fingerprint density at radius 3 is 2.53 bits per heavy atom. The van der Waals surface area contributed by atoms with Crippen LogP contribution >= 0.6 is 0 Å². The van der Waals surface area contributed by atoms with E-state index in [0.717, 1.165) is 24.8 Å². The van der Waals surface area contributed by atoms with Gasteiger partial charge in [-0.15, -0.1) is 0 Å². The summed E-state index contributed by atoms with van der Waals surface area (Å²) in [5, 5.41) is 0. The van der Waals surface area contributed by atoms with Gasteiger partial charge < -0.3 is 5.73 Å². The highest BCUT2D eigenvalue weighted by atomic mass is 14.6. The molecule has 1 aliphatic carbocycles. The molecule has 82 valence electrons. The molecule has 1 nitrogen and oxygen atoms in total. The number of benzene rings is 1. The summed E-state index contributed by atoms with van der Waals surface area (Å²) in [5.74, 6) is 1.62. The topological polar surface area (TPSA) is 26.0 Å². The third-order valence-corrected chi connectivity index (χ3v) is 3.81. The lowest BCUT2D eigenvalue weighted by atomic mass is 9.82. The summed E-state index contributed by atoms with van der Waals surface area (Å²) in [6, 6.07) is 10.9. The fraction of sp³-hybridized carbons (Fsp3) is 0.571. The molecule has 1 aromatic rings. The Morgan fingerprint density at radius 1 is 1.27 bits per heavy atom. The van der Waals surface area contributed by atoms with Crippen molar-refractivity contribution < 1.29 is 0 Å². The van der Waals surface area contributed by atoms with Gasteiger partial charge in [0.25, 0.3) is 0 Å². The van der Waals surface area contributed by atoms with E-state index in [2.05, 4.69) is 44.2 Å². The van der Waals surface area contributed by atoms with Crippen LogP contribution in [0.1, 0.15) is 38.2 Å². The Morgan fingerprint density at radius 2 is 1.93 bits per heavy atom. The molecule has 0 radical (unpaired) electrons. The van der Waals surface area contributed by atoms with Gasteiger partial charge in [-0.2, -0.15) is 0 Å². The molecule has 0 spiro atoms. The Bertz CT molecular complexity index is 315. The molecule has 0 bridgehead atoms. The van der Waals surface area contributed by atoms with Crippen molar-refractivity contribution in [1.82, 2.24) is 0 Å². The number of hydrogen-bond donors (Lipinski definition) is 1. The SMILES string of the molecule is CC(C)(CCN)C1CC1c1ccccc1. The highest BCUT2D eigenvalue weighted by Gasteiger charge is 2.47. The molecule has 1 heteroatoms. The van der Waals surface area contributed by atoms with Gasteiger partial charge in [-0.25, -0.2) is 0 Å². The van der Waals surface area contributed by atoms with Gasteiger partial charge in [-0.1, -0.05) is 44.2 Å². The largest absolute Gasteiger partial charge is 0.330 e. The van der Waals surface area contributed by atoms with Crippen molar-refractivity contribution in [3.05, 3.63) is 35.9 Å². The van der Waals surface area contributed by atoms with E-state index >= 15 is 0 Å². The zero-order valence-corrected chi connectivity index (χ0v) is 9.74. The predicted molar refractivity (Wildman–Crippen MR) is 64.7 cm³/mol. The summed E-state index contributed by atoms with van der Waals surface area (Å²) >= 11 is 0. The Balaban J connectivity index is 2.02. The normalized spacial score (nSPS) is 25.3. The maximum atomic E-state index is 5.66. The van der Waals surface area contributed by atoms with Crippen molar-refractivity contribution in [2.45, 2.75) is 32.6 Å². The van der Waals surface area contributed by atoms with Crippen LogP contribution in [0, 0.1) is 11.3 Å². The highest BCUT2D eigenvalue weighted by Crippen LogP contribution is 2.57. The first-order chi connectivity index (χ1) is 7.15. The van der Waals surface area contributed by atoms with E-state index < -0.39 is 0 Å². The van der Waals surface area contributed by atoms with Crippen molar-refractivity contribution in [3.8, 4) is 0 Å². The minimum absolute atomic E-state index is 0.412. The zero-order chi connectivity index (χ0) is 10.9. The van der Waals surface area contributed by atoms with Crippen molar-refractivity contribution in [2.24, 2.45) is 17.1 Å². The van der Waals surface area contributed by atoms with Gasteiger partial charge in [0.2, 0.25) is 0 Å². The first-order valence-corrected chi connectivity index (χ1v) is 5.90. The lowest BCUT2D eigenvalue weighted by molar-refractivity contribution is 0.283. The lowest BCUT2D eigenvalue weighted by Gasteiger charge is -2.24. The zero-order valence-electron chi connectivity index (χ0n) is 9.74. The van der Waals surface area contributed by atoms with Gasteiger partial charge in [-0.3, -0.25) is 0 Å². The van der Waals surface area contributed by atoms with E-state index in [1.165, 1.54) is 12.0 Å². The molecule has 1 aromatic carbocycles. The van der Waals surface area contributed by atoms with Crippen LogP contribution in [0.4, 0.5) is 0 Å². The molecule has 1 fully saturated rings. The summed E-state index contributed by atoms with van der Waals surface area (Å²) < 4.78 is 0. The van der Waals surface area contributed by atoms with Crippen LogP contribution in [0.5, 0.6) is 0 Å². The van der Waals surface area contributed by atoms with Crippen molar-refractivity contribution >= 4 is 0 Å². The van der Waals surface area contributed by atoms with E-state index in [1.54, 1.807) is 0 Å². The van der Waals surface area contributed by atoms with Gasteiger partial charge in [-0.05, 0) is 42.2 Å². The van der Waals surface area contributed by atoms with Gasteiger partial charge in [0.15, 0.2) is 0 Å². The summed E-state index contributed by atoms with van der Waals surface area (Å²) in [7, 11) is 0. The van der Waals surface area contributed by atoms with Crippen LogP contribution in [-0.4, -0.2) is 6.54 Å². The van der Waals surface area contributed by atoms with Crippen molar-refractivity contribution in [1.29, 1.82) is 0 Å². The standard InChI is InChI=1S/C14H21N/c1-14(2,8-9-15)13-10-12(13)11-6-4-3-5-7-11/h3-7,12-13H,8-10,15H2,1-2H3. The molecule has 0 aromatic heterocycles. The summed E-state index contributed by atoms with van der Waals surface area (Å²) in [6.07, 6.45) is 2.48. The second-order valence-corrected chi connectivity index (χ2v) is 5.39. The first-order valence-electron chi connectivity index (χ1n) is 5.90. The smallest absolute Gasteiger partial charge is 0.00721 e. The Kier molecular flexibility index (Phi) is 2.83. The quantitative estimate of drug-likeness (QED) is 0.799. The molecule has 0 saturated heterocycles. The van der Waals surface area contributed by atoms with Crippen LogP contribution in [0.15, 0.2) is 30.3 Å². The minimum atomic E-state index is 0.412. The van der Waals surface area contributed by atoms with Gasteiger partial charge in [0.05, 0.1) is 0 Å². The summed E-state index contributed by atoms with van der Waals surface area (Å²) in [5.41, 5.74) is 7.58. The molecule has 2 N–H and O–H groups in total. The Hall–Kier alpha value is -0.820. The summed E-state index contributed by atoms with van der Waals surface area (Å²) in [4.78, 5) is 0. The van der Waals surface area contributed by atoms with Crippen LogP contribution < -0.4 is 5.73 Å². The fourth-order valence-corrected chi connectivity index (χ4v) is 2.68. The van der Waals surface area contributed by atoms with Crippen LogP contribution in [0.25, 0.3) is 0 Å². The van der Waals surface area contributed by atoms with Crippen molar-refractivity contribution in [3.63, 3.8) is 0 Å². The van der Waals surface area contributed by atoms with E-state index in [-0.39, 0.29) is 0 Å². The van der Waals surface area contributed by atoms with Crippen LogP contribution in [0.3, 0.4) is 0 Å². The van der Waals surface area contributed by atoms with Crippen LogP contribution in [-0.2, 0) is 0 Å². The van der Waals surface area contributed by atoms with Gasteiger partial charge in [0.1, 0.15) is 0 Å². The molecule has 1 saturated carbocycles. The molecule has 0 amide bonds. The second-order valence-electron chi connectivity index (χ2n) is 5.39. The maximum Gasteiger partial charge on any atom is -0.00721 e. The van der Waals surface area contributed by atoms with Gasteiger partial charge in [0, 0.05) is 0 Å². The van der Waals surface area contributed by atoms with E-state index in [9.17, 15) is 0 Å². The van der Waals surface area contributed by atoms with E-state index in [4.69, 9.17) is 5.73 Å². The first kappa shape index (κ1) is 10.7. The number of nitrogens with two attached hydrogens (primary N) is 1. The molecule has 0 heterocycles. The molecular formula is C14H21N. The average Bonchev–Trinajstić information content (AvgIpc) is 2.99. The fourth-order valence-electron chi connectivity index (χ4n) is 2.68. The van der Waals surface area contributed by atoms with Crippen LogP contribution in [0.2, 0.25) is 0 Å². The molecule has 0 aliphatic heterocycles. The average molecular weight is 203 g/mol.